The summed E-state index contributed by atoms with van der Waals surface area (Å²) in [6.07, 6.45) is 2.73. The van der Waals surface area contributed by atoms with Crippen molar-refractivity contribution in [3.63, 3.8) is 0 Å². The van der Waals surface area contributed by atoms with Crippen molar-refractivity contribution in [2.45, 2.75) is 25.8 Å². The molecule has 0 fully saturated rings. The molecule has 2 rings (SSSR count). The fraction of sp³-hybridized carbons (Fsp3) is 0.312. The highest BCUT2D eigenvalue weighted by atomic mass is 32.1. The molecule has 0 unspecified atom stereocenters. The maximum absolute atomic E-state index is 8.44. The van der Waals surface area contributed by atoms with Gasteiger partial charge >= 0.3 is 0 Å². The number of nitrogens with zero attached hydrogens (tertiary/aromatic N) is 1. The summed E-state index contributed by atoms with van der Waals surface area (Å²) in [6, 6.07) is 17.0. The Balaban J connectivity index is 1.77. The van der Waals surface area contributed by atoms with E-state index in [4.69, 9.17) is 5.26 Å². The van der Waals surface area contributed by atoms with Crippen molar-refractivity contribution in [3.05, 3.63) is 47.3 Å². The molecule has 2 nitrogen and oxygen atoms in total. The van der Waals surface area contributed by atoms with E-state index in [1.807, 2.05) is 17.4 Å². The van der Waals surface area contributed by atoms with Gasteiger partial charge in [-0.15, -0.1) is 11.3 Å². The molecule has 2 aromatic rings. The van der Waals surface area contributed by atoms with E-state index in [2.05, 4.69) is 47.8 Å². The summed E-state index contributed by atoms with van der Waals surface area (Å²) in [6.45, 7) is 1.91. The summed E-state index contributed by atoms with van der Waals surface area (Å²) >= 11 is 1.84. The topological polar surface area (TPSA) is 35.8 Å². The van der Waals surface area contributed by atoms with E-state index in [9.17, 15) is 0 Å². The van der Waals surface area contributed by atoms with Gasteiger partial charge in [0.05, 0.1) is 6.07 Å². The third kappa shape index (κ3) is 4.51. The number of nitrogens with one attached hydrogen (secondary N) is 1. The highest BCUT2D eigenvalue weighted by molar-refractivity contribution is 7.15. The normalized spacial score (nSPS) is 10.3. The molecule has 1 aromatic carbocycles. The molecule has 1 heterocycles. The van der Waals surface area contributed by atoms with Crippen LogP contribution in [0.15, 0.2) is 42.5 Å². The van der Waals surface area contributed by atoms with Gasteiger partial charge in [-0.05, 0) is 37.1 Å². The van der Waals surface area contributed by atoms with Gasteiger partial charge in [-0.1, -0.05) is 30.3 Å². The molecular weight excluding hydrogens is 252 g/mol. The van der Waals surface area contributed by atoms with Crippen molar-refractivity contribution >= 4 is 11.3 Å². The summed E-state index contributed by atoms with van der Waals surface area (Å²) in [7, 11) is 0. The first-order valence-corrected chi connectivity index (χ1v) is 7.43. The standard InChI is InChI=1S/C16H18N2S/c17-11-5-2-6-12-18-13-15-9-10-16(19-15)14-7-3-1-4-8-14/h1,3-4,7-10,18H,2,5-6,12-13H2. The summed E-state index contributed by atoms with van der Waals surface area (Å²) in [5.74, 6) is 0. The lowest BCUT2D eigenvalue weighted by molar-refractivity contribution is 0.632. The van der Waals surface area contributed by atoms with Crippen LogP contribution in [0.2, 0.25) is 0 Å². The third-order valence-electron chi connectivity index (χ3n) is 2.91. The zero-order chi connectivity index (χ0) is 13.3. The van der Waals surface area contributed by atoms with Crippen molar-refractivity contribution < 1.29 is 0 Å². The lowest BCUT2D eigenvalue weighted by Crippen LogP contribution is -2.13. The summed E-state index contributed by atoms with van der Waals surface area (Å²) in [5.41, 5.74) is 1.28. The maximum atomic E-state index is 8.44. The Bertz CT molecular complexity index is 525. The van der Waals surface area contributed by atoms with Gasteiger partial charge in [0.1, 0.15) is 0 Å². The van der Waals surface area contributed by atoms with Gasteiger partial charge in [0.15, 0.2) is 0 Å². The van der Waals surface area contributed by atoms with Crippen LogP contribution in [0, 0.1) is 11.3 Å². The molecule has 0 aliphatic carbocycles. The molecule has 0 bridgehead atoms. The largest absolute Gasteiger partial charge is 0.312 e. The monoisotopic (exact) mass is 270 g/mol. The number of hydrogen-bond acceptors (Lipinski definition) is 3. The first-order chi connectivity index (χ1) is 9.40. The maximum Gasteiger partial charge on any atom is 0.0621 e. The van der Waals surface area contributed by atoms with E-state index in [1.54, 1.807) is 0 Å². The van der Waals surface area contributed by atoms with Crippen LogP contribution < -0.4 is 5.32 Å². The summed E-state index contributed by atoms with van der Waals surface area (Å²) in [5, 5.41) is 11.9. The van der Waals surface area contributed by atoms with Gasteiger partial charge < -0.3 is 5.32 Å². The SMILES string of the molecule is N#CCCCCNCc1ccc(-c2ccccc2)s1. The average Bonchev–Trinajstić information content (AvgIpc) is 2.92. The molecule has 0 radical (unpaired) electrons. The lowest BCUT2D eigenvalue weighted by Gasteiger charge is -2.01. The Morgan fingerprint density at radius 3 is 2.68 bits per heavy atom. The predicted molar refractivity (Wildman–Crippen MR) is 80.9 cm³/mol. The summed E-state index contributed by atoms with van der Waals surface area (Å²) in [4.78, 5) is 2.68. The Kier molecular flexibility index (Phi) is 5.61. The van der Waals surface area contributed by atoms with E-state index in [0.29, 0.717) is 6.42 Å². The van der Waals surface area contributed by atoms with Crippen LogP contribution in [0.1, 0.15) is 24.1 Å². The number of hydrogen-bond donors (Lipinski definition) is 1. The molecule has 0 aliphatic rings. The molecule has 1 aromatic heterocycles. The van der Waals surface area contributed by atoms with Crippen LogP contribution in [0.5, 0.6) is 0 Å². The van der Waals surface area contributed by atoms with E-state index >= 15 is 0 Å². The average molecular weight is 270 g/mol. The van der Waals surface area contributed by atoms with Crippen LogP contribution >= 0.6 is 11.3 Å². The predicted octanol–water partition coefficient (Wildman–Crippen LogP) is 4.20. The number of rotatable bonds is 7. The zero-order valence-corrected chi connectivity index (χ0v) is 11.7. The van der Waals surface area contributed by atoms with Crippen molar-refractivity contribution in [1.82, 2.24) is 5.32 Å². The Labute approximate surface area is 118 Å². The molecule has 3 heteroatoms. The first kappa shape index (κ1) is 13.8. The van der Waals surface area contributed by atoms with E-state index in [0.717, 1.165) is 25.9 Å². The van der Waals surface area contributed by atoms with Crippen LogP contribution in [0.25, 0.3) is 10.4 Å². The number of thiophene rings is 1. The van der Waals surface area contributed by atoms with Gasteiger partial charge in [0.2, 0.25) is 0 Å². The van der Waals surface area contributed by atoms with Crippen molar-refractivity contribution in [3.8, 4) is 16.5 Å². The highest BCUT2D eigenvalue weighted by Crippen LogP contribution is 2.27. The minimum Gasteiger partial charge on any atom is -0.312 e. The molecule has 0 amide bonds. The fourth-order valence-electron chi connectivity index (χ4n) is 1.90. The van der Waals surface area contributed by atoms with Crippen LogP contribution in [0.3, 0.4) is 0 Å². The summed E-state index contributed by atoms with van der Waals surface area (Å²) < 4.78 is 0. The number of benzene rings is 1. The molecule has 1 N–H and O–H groups in total. The van der Waals surface area contributed by atoms with Crippen molar-refractivity contribution in [2.75, 3.05) is 6.54 Å². The van der Waals surface area contributed by atoms with Crippen molar-refractivity contribution in [2.24, 2.45) is 0 Å². The van der Waals surface area contributed by atoms with E-state index in [-0.39, 0.29) is 0 Å². The number of unbranched alkanes of at least 4 members (excludes halogenated alkanes) is 2. The smallest absolute Gasteiger partial charge is 0.0621 e. The molecule has 0 saturated heterocycles. The molecular formula is C16H18N2S. The third-order valence-corrected chi connectivity index (χ3v) is 4.05. The van der Waals surface area contributed by atoms with Crippen LogP contribution in [-0.2, 0) is 6.54 Å². The van der Waals surface area contributed by atoms with Gasteiger partial charge in [0, 0.05) is 22.7 Å². The molecule has 0 spiro atoms. The molecule has 19 heavy (non-hydrogen) atoms. The van der Waals surface area contributed by atoms with E-state index in [1.165, 1.54) is 15.3 Å². The molecule has 0 atom stereocenters. The van der Waals surface area contributed by atoms with Crippen molar-refractivity contribution in [1.29, 1.82) is 5.26 Å². The van der Waals surface area contributed by atoms with Crippen LogP contribution in [0.4, 0.5) is 0 Å². The second-order valence-corrected chi connectivity index (χ2v) is 5.59. The zero-order valence-electron chi connectivity index (χ0n) is 10.9. The Morgan fingerprint density at radius 1 is 1.05 bits per heavy atom. The fourth-order valence-corrected chi connectivity index (χ4v) is 2.88. The highest BCUT2D eigenvalue weighted by Gasteiger charge is 2.01. The quantitative estimate of drug-likeness (QED) is 0.765. The van der Waals surface area contributed by atoms with E-state index < -0.39 is 0 Å². The number of nitriles is 1. The first-order valence-electron chi connectivity index (χ1n) is 6.62. The Morgan fingerprint density at radius 2 is 1.89 bits per heavy atom. The second-order valence-electron chi connectivity index (χ2n) is 4.42. The minimum atomic E-state index is 0.666. The molecule has 0 aliphatic heterocycles. The van der Waals surface area contributed by atoms with Crippen LogP contribution in [-0.4, -0.2) is 6.54 Å². The van der Waals surface area contributed by atoms with Gasteiger partial charge in [-0.25, -0.2) is 0 Å². The lowest BCUT2D eigenvalue weighted by atomic mass is 10.2. The second kappa shape index (κ2) is 7.73. The molecule has 0 saturated carbocycles. The Hall–Kier alpha value is -1.63. The van der Waals surface area contributed by atoms with Gasteiger partial charge in [-0.2, -0.15) is 5.26 Å². The van der Waals surface area contributed by atoms with Gasteiger partial charge in [0.25, 0.3) is 0 Å². The molecule has 98 valence electrons. The minimum absolute atomic E-state index is 0.666. The van der Waals surface area contributed by atoms with Gasteiger partial charge in [-0.3, -0.25) is 0 Å².